The minimum Gasteiger partial charge on any atom is -0.314 e. The first kappa shape index (κ1) is 16.8. The maximum atomic E-state index is 13.6. The van der Waals surface area contributed by atoms with Crippen molar-refractivity contribution in [2.24, 2.45) is 0 Å². The summed E-state index contributed by atoms with van der Waals surface area (Å²) in [5.41, 5.74) is 1.98. The summed E-state index contributed by atoms with van der Waals surface area (Å²) in [6, 6.07) is 8.90. The summed E-state index contributed by atoms with van der Waals surface area (Å²) in [4.78, 5) is 11.2. The van der Waals surface area contributed by atoms with Crippen molar-refractivity contribution in [2.75, 3.05) is 19.6 Å². The van der Waals surface area contributed by atoms with E-state index < -0.39 is 0 Å². The quantitative estimate of drug-likeness (QED) is 0.790. The summed E-state index contributed by atoms with van der Waals surface area (Å²) in [5, 5.41) is 3.39. The van der Waals surface area contributed by atoms with Crippen LogP contribution in [-0.4, -0.2) is 38.9 Å². The van der Waals surface area contributed by atoms with Crippen LogP contribution in [0.4, 0.5) is 4.39 Å². The third-order valence-electron chi connectivity index (χ3n) is 4.24. The Morgan fingerprint density at radius 2 is 2.21 bits per heavy atom. The Morgan fingerprint density at radius 3 is 3.04 bits per heavy atom. The number of piperazine rings is 1. The molecule has 0 spiro atoms. The molecule has 4 rings (SSSR count). The normalized spacial score (nSPS) is 18.5. The van der Waals surface area contributed by atoms with Gasteiger partial charge in [-0.1, -0.05) is 12.1 Å². The molecule has 1 aliphatic rings. The number of fused-ring (bicyclic) bond motifs is 1. The lowest BCUT2D eigenvalue weighted by Crippen LogP contribution is -2.45. The van der Waals surface area contributed by atoms with Crippen LogP contribution in [0.5, 0.6) is 0 Å². The molecule has 126 valence electrons. The number of halogens is 2. The van der Waals surface area contributed by atoms with Crippen LogP contribution in [-0.2, 0) is 6.54 Å². The largest absolute Gasteiger partial charge is 0.314 e. The molecule has 7 heteroatoms. The predicted octanol–water partition coefficient (Wildman–Crippen LogP) is 2.44. The van der Waals surface area contributed by atoms with E-state index in [1.807, 2.05) is 28.9 Å². The van der Waals surface area contributed by atoms with Gasteiger partial charge in [-0.25, -0.2) is 14.4 Å². The molecule has 0 amide bonds. The molecule has 1 saturated heterocycles. The minimum atomic E-state index is -0.190. The third kappa shape index (κ3) is 3.40. The number of imidazole rings is 1. The molecule has 1 aliphatic heterocycles. The van der Waals surface area contributed by atoms with Gasteiger partial charge in [-0.3, -0.25) is 9.30 Å². The Hall–Kier alpha value is -2.02. The molecule has 3 aromatic rings. The van der Waals surface area contributed by atoms with Gasteiger partial charge in [0.2, 0.25) is 5.78 Å². The molecule has 2 aromatic heterocycles. The average Bonchev–Trinajstić information content (AvgIpc) is 2.97. The highest BCUT2D eigenvalue weighted by Crippen LogP contribution is 2.24. The Morgan fingerprint density at radius 1 is 1.29 bits per heavy atom. The van der Waals surface area contributed by atoms with Gasteiger partial charge in [0.1, 0.15) is 5.82 Å². The van der Waals surface area contributed by atoms with Gasteiger partial charge in [0.25, 0.3) is 0 Å². The molecule has 0 aliphatic carbocycles. The SMILES string of the molecule is Cl.Fc1cccc(C2CNCCN2Cc2cn3cccnc3n2)c1. The summed E-state index contributed by atoms with van der Waals surface area (Å²) in [7, 11) is 0. The van der Waals surface area contributed by atoms with E-state index in [2.05, 4.69) is 20.2 Å². The second-order valence-corrected chi connectivity index (χ2v) is 5.80. The van der Waals surface area contributed by atoms with Gasteiger partial charge in [0.15, 0.2) is 0 Å². The molecular weight excluding hydrogens is 329 g/mol. The van der Waals surface area contributed by atoms with Crippen LogP contribution in [0.3, 0.4) is 0 Å². The molecule has 1 fully saturated rings. The van der Waals surface area contributed by atoms with E-state index in [4.69, 9.17) is 0 Å². The summed E-state index contributed by atoms with van der Waals surface area (Å²) in [5.74, 6) is 0.518. The lowest BCUT2D eigenvalue weighted by atomic mass is 10.0. The van der Waals surface area contributed by atoms with Gasteiger partial charge < -0.3 is 5.32 Å². The topological polar surface area (TPSA) is 45.5 Å². The number of aromatic nitrogens is 3. The zero-order chi connectivity index (χ0) is 15.6. The van der Waals surface area contributed by atoms with Gasteiger partial charge in [-0.15, -0.1) is 12.4 Å². The Labute approximate surface area is 145 Å². The fourth-order valence-corrected chi connectivity index (χ4v) is 3.14. The van der Waals surface area contributed by atoms with E-state index in [1.165, 1.54) is 6.07 Å². The number of nitrogens with one attached hydrogen (secondary N) is 1. The van der Waals surface area contributed by atoms with E-state index in [9.17, 15) is 4.39 Å². The maximum Gasteiger partial charge on any atom is 0.233 e. The summed E-state index contributed by atoms with van der Waals surface area (Å²) < 4.78 is 15.5. The Kier molecular flexibility index (Phi) is 5.08. The van der Waals surface area contributed by atoms with Crippen LogP contribution in [0.2, 0.25) is 0 Å². The lowest BCUT2D eigenvalue weighted by Gasteiger charge is -2.36. The summed E-state index contributed by atoms with van der Waals surface area (Å²) in [6.07, 6.45) is 5.69. The van der Waals surface area contributed by atoms with Crippen molar-refractivity contribution in [2.45, 2.75) is 12.6 Å². The van der Waals surface area contributed by atoms with Gasteiger partial charge in [-0.2, -0.15) is 0 Å². The van der Waals surface area contributed by atoms with Gasteiger partial charge in [0.05, 0.1) is 5.69 Å². The van der Waals surface area contributed by atoms with Gasteiger partial charge in [-0.05, 0) is 23.8 Å². The van der Waals surface area contributed by atoms with E-state index in [-0.39, 0.29) is 24.3 Å². The van der Waals surface area contributed by atoms with Crippen molar-refractivity contribution in [3.63, 3.8) is 0 Å². The monoisotopic (exact) mass is 347 g/mol. The van der Waals surface area contributed by atoms with Crippen molar-refractivity contribution in [1.29, 1.82) is 0 Å². The van der Waals surface area contributed by atoms with E-state index >= 15 is 0 Å². The summed E-state index contributed by atoms with van der Waals surface area (Å²) in [6.45, 7) is 3.38. The molecule has 1 unspecified atom stereocenters. The highest BCUT2D eigenvalue weighted by molar-refractivity contribution is 5.85. The number of hydrogen-bond acceptors (Lipinski definition) is 4. The minimum absolute atomic E-state index is 0. The molecule has 5 nitrogen and oxygen atoms in total. The number of benzene rings is 1. The van der Waals surface area contributed by atoms with Crippen LogP contribution in [0.1, 0.15) is 17.3 Å². The van der Waals surface area contributed by atoms with Crippen LogP contribution >= 0.6 is 12.4 Å². The molecule has 24 heavy (non-hydrogen) atoms. The Balaban J connectivity index is 0.00000169. The van der Waals surface area contributed by atoms with Crippen molar-refractivity contribution in [1.82, 2.24) is 24.6 Å². The first-order chi connectivity index (χ1) is 11.3. The van der Waals surface area contributed by atoms with Crippen molar-refractivity contribution >= 4 is 18.2 Å². The molecular formula is C17H19ClFN5. The fraction of sp³-hybridized carbons (Fsp3) is 0.294. The highest BCUT2D eigenvalue weighted by atomic mass is 35.5. The van der Waals surface area contributed by atoms with E-state index in [0.717, 1.165) is 37.4 Å². The zero-order valence-electron chi connectivity index (χ0n) is 13.1. The first-order valence-corrected chi connectivity index (χ1v) is 7.78. The second-order valence-electron chi connectivity index (χ2n) is 5.80. The van der Waals surface area contributed by atoms with Crippen molar-refractivity contribution < 1.29 is 4.39 Å². The van der Waals surface area contributed by atoms with Crippen LogP contribution in [0, 0.1) is 5.82 Å². The predicted molar refractivity (Wildman–Crippen MR) is 92.7 cm³/mol. The van der Waals surface area contributed by atoms with Crippen molar-refractivity contribution in [3.8, 4) is 0 Å². The smallest absolute Gasteiger partial charge is 0.233 e. The van der Waals surface area contributed by atoms with Crippen LogP contribution in [0.25, 0.3) is 5.78 Å². The lowest BCUT2D eigenvalue weighted by molar-refractivity contribution is 0.152. The van der Waals surface area contributed by atoms with Crippen molar-refractivity contribution in [3.05, 3.63) is 66.0 Å². The van der Waals surface area contributed by atoms with Gasteiger partial charge in [0, 0.05) is 50.8 Å². The molecule has 0 saturated carbocycles. The third-order valence-corrected chi connectivity index (χ3v) is 4.24. The molecule has 3 heterocycles. The number of rotatable bonds is 3. The zero-order valence-corrected chi connectivity index (χ0v) is 13.9. The first-order valence-electron chi connectivity index (χ1n) is 7.78. The molecule has 1 atom stereocenters. The number of nitrogens with zero attached hydrogens (tertiary/aromatic N) is 4. The van der Waals surface area contributed by atoms with E-state index in [0.29, 0.717) is 5.78 Å². The average molecular weight is 348 g/mol. The number of hydrogen-bond donors (Lipinski definition) is 1. The van der Waals surface area contributed by atoms with Crippen LogP contribution < -0.4 is 5.32 Å². The second kappa shape index (κ2) is 7.25. The van der Waals surface area contributed by atoms with E-state index in [1.54, 1.807) is 18.3 Å². The maximum absolute atomic E-state index is 13.6. The van der Waals surface area contributed by atoms with Crippen LogP contribution in [0.15, 0.2) is 48.9 Å². The standard InChI is InChI=1S/C17H18FN5.ClH/c18-14-4-1-3-13(9-14)16-10-19-6-8-22(16)11-15-12-23-7-2-5-20-17(23)21-15;/h1-5,7,9,12,16,19H,6,8,10-11H2;1H. The Bertz CT molecular complexity index is 788. The summed E-state index contributed by atoms with van der Waals surface area (Å²) >= 11 is 0. The molecule has 0 bridgehead atoms. The van der Waals surface area contributed by atoms with Gasteiger partial charge >= 0.3 is 0 Å². The fourth-order valence-electron chi connectivity index (χ4n) is 3.14. The molecule has 0 radical (unpaired) electrons. The highest BCUT2D eigenvalue weighted by Gasteiger charge is 2.24. The molecule has 1 N–H and O–H groups in total. The molecule has 1 aromatic carbocycles.